The van der Waals surface area contributed by atoms with Crippen molar-refractivity contribution in [3.05, 3.63) is 0 Å². The molecule has 0 bridgehead atoms. The van der Waals surface area contributed by atoms with E-state index in [9.17, 15) is 4.79 Å². The number of urea groups is 1. The molecule has 1 heterocycles. The van der Waals surface area contributed by atoms with E-state index >= 15 is 0 Å². The fraction of sp³-hybridized carbons (Fsp3) is 0.800. The third-order valence-corrected chi connectivity index (χ3v) is 3.60. The first kappa shape index (κ1) is 17.8. The van der Waals surface area contributed by atoms with Crippen molar-refractivity contribution >= 4 is 58.2 Å². The van der Waals surface area contributed by atoms with E-state index in [0.29, 0.717) is 31.4 Å². The average molecular weight is 364 g/mol. The maximum Gasteiger partial charge on any atom is 0.318 e. The van der Waals surface area contributed by atoms with Crippen LogP contribution >= 0.6 is 47.0 Å². The summed E-state index contributed by atoms with van der Waals surface area (Å²) in [6, 6.07) is -0.390. The molecule has 1 aliphatic rings. The molecule has 0 saturated carbocycles. The number of ether oxygens (including phenoxy) is 1. The number of carbonyl (C=O) groups is 1. The molecular formula is C10H17Cl3N4O2S. The van der Waals surface area contributed by atoms with Gasteiger partial charge in [0.15, 0.2) is 11.3 Å². The molecule has 1 aliphatic heterocycles. The smallest absolute Gasteiger partial charge is 0.318 e. The van der Waals surface area contributed by atoms with E-state index < -0.39 is 16.0 Å². The highest BCUT2D eigenvalue weighted by Crippen LogP contribution is 2.29. The molecule has 116 valence electrons. The van der Waals surface area contributed by atoms with Gasteiger partial charge in [-0.25, -0.2) is 4.79 Å². The van der Waals surface area contributed by atoms with Gasteiger partial charge in [0.1, 0.15) is 0 Å². The van der Waals surface area contributed by atoms with Crippen molar-refractivity contribution in [3.8, 4) is 0 Å². The lowest BCUT2D eigenvalue weighted by Crippen LogP contribution is -2.60. The van der Waals surface area contributed by atoms with Crippen molar-refractivity contribution in [1.82, 2.24) is 20.4 Å². The molecule has 0 aromatic heterocycles. The second-order valence-corrected chi connectivity index (χ2v) is 7.12. The minimum absolute atomic E-state index is 0.390. The van der Waals surface area contributed by atoms with Gasteiger partial charge in [-0.15, -0.1) is 0 Å². The summed E-state index contributed by atoms with van der Waals surface area (Å²) < 4.78 is 3.50. The first-order valence-corrected chi connectivity index (χ1v) is 7.43. The topological polar surface area (TPSA) is 56.8 Å². The zero-order valence-corrected chi connectivity index (χ0v) is 14.2. The maximum absolute atomic E-state index is 11.7. The van der Waals surface area contributed by atoms with E-state index in [1.165, 1.54) is 4.90 Å². The standard InChI is InChI=1S/C10H17Cl3N4O2S/c1-16(2)8(18)14-7(10(11,12)13)15-9(20)17-3-5-19-6-4-17/h7H,3-6H2,1-2H3,(H,14,18)(H,15,20)/t7-/m0/s1. The number of hydrogen-bond acceptors (Lipinski definition) is 3. The zero-order valence-electron chi connectivity index (χ0n) is 11.2. The molecule has 1 fully saturated rings. The normalized spacial score (nSPS) is 17.4. The molecule has 1 atom stereocenters. The SMILES string of the molecule is CN(C)C(=O)N[C@@H](NC(=S)N1CCOCC1)C(Cl)(Cl)Cl. The predicted molar refractivity (Wildman–Crippen MR) is 84.4 cm³/mol. The molecular weight excluding hydrogens is 347 g/mol. The summed E-state index contributed by atoms with van der Waals surface area (Å²) in [7, 11) is 3.18. The van der Waals surface area contributed by atoms with Gasteiger partial charge in [-0.1, -0.05) is 34.8 Å². The Morgan fingerprint density at radius 3 is 2.30 bits per heavy atom. The minimum atomic E-state index is -1.73. The zero-order chi connectivity index (χ0) is 15.3. The summed E-state index contributed by atoms with van der Waals surface area (Å²) in [5.41, 5.74) is 0. The van der Waals surface area contributed by atoms with Crippen LogP contribution in [-0.2, 0) is 4.74 Å². The van der Waals surface area contributed by atoms with Crippen molar-refractivity contribution < 1.29 is 9.53 Å². The van der Waals surface area contributed by atoms with Gasteiger partial charge in [0.25, 0.3) is 0 Å². The van der Waals surface area contributed by atoms with Crippen LogP contribution in [0.25, 0.3) is 0 Å². The molecule has 0 radical (unpaired) electrons. The van der Waals surface area contributed by atoms with Gasteiger partial charge in [0.05, 0.1) is 13.2 Å². The van der Waals surface area contributed by atoms with Crippen LogP contribution in [0.2, 0.25) is 0 Å². The highest BCUT2D eigenvalue weighted by atomic mass is 35.6. The van der Waals surface area contributed by atoms with Crippen LogP contribution < -0.4 is 10.6 Å². The van der Waals surface area contributed by atoms with Crippen LogP contribution in [0.1, 0.15) is 0 Å². The summed E-state index contributed by atoms with van der Waals surface area (Å²) in [6.07, 6.45) is -0.933. The van der Waals surface area contributed by atoms with Crippen LogP contribution in [0.3, 0.4) is 0 Å². The average Bonchev–Trinajstić information content (AvgIpc) is 2.37. The Hall–Kier alpha value is -0.210. The number of morpholine rings is 1. The Balaban J connectivity index is 2.64. The molecule has 6 nitrogen and oxygen atoms in total. The maximum atomic E-state index is 11.7. The molecule has 0 aromatic rings. The lowest BCUT2D eigenvalue weighted by atomic mass is 10.4. The van der Waals surface area contributed by atoms with Gasteiger partial charge in [-0.3, -0.25) is 0 Å². The second-order valence-electron chi connectivity index (χ2n) is 4.37. The van der Waals surface area contributed by atoms with E-state index in [-0.39, 0.29) is 0 Å². The fourth-order valence-electron chi connectivity index (χ4n) is 1.43. The van der Waals surface area contributed by atoms with Crippen molar-refractivity contribution in [1.29, 1.82) is 0 Å². The van der Waals surface area contributed by atoms with E-state index in [4.69, 9.17) is 51.8 Å². The van der Waals surface area contributed by atoms with E-state index in [2.05, 4.69) is 10.6 Å². The van der Waals surface area contributed by atoms with Crippen LogP contribution in [-0.4, -0.2) is 71.3 Å². The number of hydrogen-bond donors (Lipinski definition) is 2. The number of nitrogens with zero attached hydrogens (tertiary/aromatic N) is 2. The summed E-state index contributed by atoms with van der Waals surface area (Å²) in [4.78, 5) is 14.9. The number of alkyl halides is 3. The van der Waals surface area contributed by atoms with Crippen molar-refractivity contribution in [2.45, 2.75) is 9.96 Å². The Kier molecular flexibility index (Phi) is 6.87. The number of carbonyl (C=O) groups excluding carboxylic acids is 1. The van der Waals surface area contributed by atoms with Gasteiger partial charge in [0.2, 0.25) is 3.79 Å². The third-order valence-electron chi connectivity index (χ3n) is 2.57. The number of halogens is 3. The number of rotatable bonds is 2. The first-order valence-electron chi connectivity index (χ1n) is 5.89. The largest absolute Gasteiger partial charge is 0.378 e. The summed E-state index contributed by atoms with van der Waals surface area (Å²) >= 11 is 22.8. The molecule has 2 N–H and O–H groups in total. The van der Waals surface area contributed by atoms with Crippen LogP contribution in [0.5, 0.6) is 0 Å². The van der Waals surface area contributed by atoms with Crippen molar-refractivity contribution in [2.24, 2.45) is 0 Å². The Labute approximate surface area is 138 Å². The fourth-order valence-corrected chi connectivity index (χ4v) is 2.06. The molecule has 2 amide bonds. The molecule has 1 rings (SSSR count). The van der Waals surface area contributed by atoms with Gasteiger partial charge in [0, 0.05) is 27.2 Å². The van der Waals surface area contributed by atoms with Crippen LogP contribution in [0.15, 0.2) is 0 Å². The molecule has 0 unspecified atom stereocenters. The van der Waals surface area contributed by atoms with Crippen LogP contribution in [0.4, 0.5) is 4.79 Å². The number of nitrogens with one attached hydrogen (secondary N) is 2. The van der Waals surface area contributed by atoms with E-state index in [0.717, 1.165) is 0 Å². The number of amides is 2. The van der Waals surface area contributed by atoms with Gasteiger partial charge in [-0.05, 0) is 12.2 Å². The molecule has 0 spiro atoms. The van der Waals surface area contributed by atoms with Gasteiger partial charge >= 0.3 is 6.03 Å². The lowest BCUT2D eigenvalue weighted by Gasteiger charge is -2.34. The van der Waals surface area contributed by atoms with E-state index in [1.54, 1.807) is 14.1 Å². The minimum Gasteiger partial charge on any atom is -0.378 e. The van der Waals surface area contributed by atoms with Crippen molar-refractivity contribution in [2.75, 3.05) is 40.4 Å². The van der Waals surface area contributed by atoms with Gasteiger partial charge in [-0.2, -0.15) is 0 Å². The van der Waals surface area contributed by atoms with Crippen molar-refractivity contribution in [3.63, 3.8) is 0 Å². The Bertz CT molecular complexity index is 359. The first-order chi connectivity index (χ1) is 9.21. The van der Waals surface area contributed by atoms with Crippen LogP contribution in [0, 0.1) is 0 Å². The van der Waals surface area contributed by atoms with E-state index in [1.807, 2.05) is 4.90 Å². The quantitative estimate of drug-likeness (QED) is 0.438. The molecule has 0 aromatic carbocycles. The van der Waals surface area contributed by atoms with Gasteiger partial charge < -0.3 is 25.2 Å². The Morgan fingerprint density at radius 2 is 1.85 bits per heavy atom. The molecule has 0 aliphatic carbocycles. The summed E-state index contributed by atoms with van der Waals surface area (Å²) in [5.74, 6) is 0. The molecule has 20 heavy (non-hydrogen) atoms. The monoisotopic (exact) mass is 362 g/mol. The molecule has 1 saturated heterocycles. The highest BCUT2D eigenvalue weighted by molar-refractivity contribution is 7.80. The summed E-state index contributed by atoms with van der Waals surface area (Å²) in [5, 5.41) is 5.83. The predicted octanol–water partition coefficient (Wildman–Crippen LogP) is 1.16. The molecule has 10 heteroatoms. The number of thiocarbonyl (C=S) groups is 1. The third kappa shape index (κ3) is 5.65. The highest BCUT2D eigenvalue weighted by Gasteiger charge is 2.35. The summed E-state index contributed by atoms with van der Waals surface area (Å²) in [6.45, 7) is 2.48. The Morgan fingerprint density at radius 1 is 1.30 bits per heavy atom. The lowest BCUT2D eigenvalue weighted by molar-refractivity contribution is 0.0673. The second kappa shape index (κ2) is 7.70.